The summed E-state index contributed by atoms with van der Waals surface area (Å²) in [7, 11) is -1.42. The van der Waals surface area contributed by atoms with Crippen molar-refractivity contribution in [2.75, 3.05) is 11.1 Å². The highest BCUT2D eigenvalue weighted by molar-refractivity contribution is 7.88. The Morgan fingerprint density at radius 3 is 2.52 bits per heavy atom. The first-order valence-corrected chi connectivity index (χ1v) is 8.74. The van der Waals surface area contributed by atoms with Crippen LogP contribution in [-0.4, -0.2) is 15.4 Å². The predicted molar refractivity (Wildman–Crippen MR) is 89.7 cm³/mol. The number of nitrogen functional groups attached to an aromatic ring is 1. The van der Waals surface area contributed by atoms with Crippen LogP contribution in [0.25, 0.3) is 0 Å². The van der Waals surface area contributed by atoms with E-state index in [1.165, 1.54) is 23.5 Å². The lowest BCUT2D eigenvalue weighted by Gasteiger charge is -2.14. The summed E-state index contributed by atoms with van der Waals surface area (Å²) < 4.78 is 12.9. The van der Waals surface area contributed by atoms with Crippen LogP contribution < -0.4 is 11.1 Å². The smallest absolute Gasteiger partial charge is 0.240 e. The van der Waals surface area contributed by atoms with E-state index in [4.69, 9.17) is 28.9 Å². The summed E-state index contributed by atoms with van der Waals surface area (Å²) in [4.78, 5) is 12.2. The van der Waals surface area contributed by atoms with Gasteiger partial charge in [0.25, 0.3) is 0 Å². The van der Waals surface area contributed by atoms with Gasteiger partial charge in [-0.1, -0.05) is 29.3 Å². The molecular weight excluding hydrogens is 351 g/mol. The molecule has 21 heavy (non-hydrogen) atoms. The minimum absolute atomic E-state index is 0.238. The second-order valence-electron chi connectivity index (χ2n) is 4.22. The van der Waals surface area contributed by atoms with E-state index < -0.39 is 22.0 Å². The van der Waals surface area contributed by atoms with Crippen LogP contribution in [-0.2, 0) is 15.6 Å². The molecule has 112 valence electrons. The fourth-order valence-electron chi connectivity index (χ4n) is 1.59. The number of halogens is 2. The first kappa shape index (κ1) is 16.3. The van der Waals surface area contributed by atoms with Gasteiger partial charge < -0.3 is 11.1 Å². The van der Waals surface area contributed by atoms with Crippen LogP contribution >= 0.6 is 34.5 Å². The summed E-state index contributed by atoms with van der Waals surface area (Å²) >= 11 is 13.4. The number of hydrogen-bond acceptors (Lipinski definition) is 4. The van der Waals surface area contributed by atoms with E-state index in [1.807, 2.05) is 5.38 Å². The Balaban J connectivity index is 2.17. The topological polar surface area (TPSA) is 72.2 Å². The van der Waals surface area contributed by atoms with Gasteiger partial charge in [0, 0.05) is 5.69 Å². The summed E-state index contributed by atoms with van der Waals surface area (Å²) in [5.41, 5.74) is 6.27. The number of benzene rings is 1. The van der Waals surface area contributed by atoms with E-state index in [1.54, 1.807) is 19.1 Å². The number of rotatable bonds is 4. The molecule has 1 aromatic carbocycles. The number of anilines is 2. The monoisotopic (exact) mass is 362 g/mol. The molecule has 2 aromatic rings. The normalized spacial score (nSPS) is 13.7. The molecule has 0 spiro atoms. The van der Waals surface area contributed by atoms with Crippen LogP contribution in [0.5, 0.6) is 0 Å². The molecule has 8 heteroatoms. The lowest BCUT2D eigenvalue weighted by atomic mass is 10.2. The molecule has 4 nitrogen and oxygen atoms in total. The molecule has 0 saturated carbocycles. The number of nitrogens with one attached hydrogen (secondary N) is 1. The summed E-state index contributed by atoms with van der Waals surface area (Å²) in [5, 5.41) is 4.16. The zero-order valence-corrected chi connectivity index (χ0v) is 14.1. The van der Waals surface area contributed by atoms with Gasteiger partial charge in [-0.3, -0.25) is 9.00 Å². The Morgan fingerprint density at radius 1 is 1.38 bits per heavy atom. The number of amides is 1. The summed E-state index contributed by atoms with van der Waals surface area (Å²) in [5.74, 6) is -0.421. The average molecular weight is 363 g/mol. The quantitative estimate of drug-likeness (QED) is 0.813. The molecule has 3 N–H and O–H groups in total. The average Bonchev–Trinajstić information content (AvgIpc) is 2.94. The second kappa shape index (κ2) is 6.79. The molecule has 0 fully saturated rings. The first-order valence-electron chi connectivity index (χ1n) is 5.89. The Labute approximate surface area is 138 Å². The largest absolute Gasteiger partial charge is 0.399 e. The van der Waals surface area contributed by atoms with E-state index in [0.717, 1.165) is 0 Å². The Hall–Kier alpha value is -1.08. The highest BCUT2D eigenvalue weighted by atomic mass is 35.5. The number of thiophene rings is 1. The van der Waals surface area contributed by atoms with Gasteiger partial charge in [0.1, 0.15) is 5.25 Å². The van der Waals surface area contributed by atoms with E-state index in [2.05, 4.69) is 5.32 Å². The molecule has 2 unspecified atom stereocenters. The van der Waals surface area contributed by atoms with Gasteiger partial charge in [0.2, 0.25) is 5.91 Å². The van der Waals surface area contributed by atoms with Crippen LogP contribution in [0.1, 0.15) is 6.92 Å². The highest BCUT2D eigenvalue weighted by Crippen LogP contribution is 2.33. The molecular formula is C13H12Cl2N2O2S2. The highest BCUT2D eigenvalue weighted by Gasteiger charge is 2.23. The van der Waals surface area contributed by atoms with Crippen LogP contribution in [0, 0.1) is 0 Å². The maximum Gasteiger partial charge on any atom is 0.240 e. The molecule has 2 rings (SSSR count). The minimum atomic E-state index is -1.42. The molecule has 0 aliphatic carbocycles. The van der Waals surface area contributed by atoms with Gasteiger partial charge >= 0.3 is 0 Å². The predicted octanol–water partition coefficient (Wildman–Crippen LogP) is 3.77. The zero-order valence-electron chi connectivity index (χ0n) is 10.9. The minimum Gasteiger partial charge on any atom is -0.399 e. The second-order valence-corrected chi connectivity index (χ2v) is 7.98. The SMILES string of the molecule is CC(C(=O)Nc1c(Cl)cc(N)cc1Cl)S(=O)c1cccs1. The molecule has 0 saturated heterocycles. The molecule has 0 aliphatic rings. The third-order valence-electron chi connectivity index (χ3n) is 2.70. The van der Waals surface area contributed by atoms with E-state index in [-0.39, 0.29) is 15.7 Å². The summed E-state index contributed by atoms with van der Waals surface area (Å²) in [6.07, 6.45) is 0. The summed E-state index contributed by atoms with van der Waals surface area (Å²) in [6.45, 7) is 1.59. The van der Waals surface area contributed by atoms with Crippen molar-refractivity contribution in [2.45, 2.75) is 16.4 Å². The van der Waals surface area contributed by atoms with Gasteiger partial charge in [-0.25, -0.2) is 0 Å². The Morgan fingerprint density at radius 2 is 2.00 bits per heavy atom. The maximum absolute atomic E-state index is 12.2. The zero-order chi connectivity index (χ0) is 15.6. The molecule has 0 bridgehead atoms. The van der Waals surface area contributed by atoms with Crippen molar-refractivity contribution >= 4 is 62.6 Å². The molecule has 1 aromatic heterocycles. The van der Waals surface area contributed by atoms with Crippen molar-refractivity contribution < 1.29 is 9.00 Å². The van der Waals surface area contributed by atoms with Crippen LogP contribution in [0.2, 0.25) is 10.0 Å². The fraction of sp³-hybridized carbons (Fsp3) is 0.154. The van der Waals surface area contributed by atoms with Crippen molar-refractivity contribution in [1.29, 1.82) is 0 Å². The van der Waals surface area contributed by atoms with Crippen molar-refractivity contribution in [2.24, 2.45) is 0 Å². The maximum atomic E-state index is 12.2. The lowest BCUT2D eigenvalue weighted by molar-refractivity contribution is -0.115. The number of hydrogen-bond donors (Lipinski definition) is 2. The first-order chi connectivity index (χ1) is 9.90. The number of carbonyl (C=O) groups is 1. The number of carbonyl (C=O) groups excluding carboxylic acids is 1. The van der Waals surface area contributed by atoms with Crippen molar-refractivity contribution in [1.82, 2.24) is 0 Å². The fourth-order valence-corrected chi connectivity index (χ4v) is 4.43. The van der Waals surface area contributed by atoms with Crippen LogP contribution in [0.15, 0.2) is 33.9 Å². The van der Waals surface area contributed by atoms with Crippen molar-refractivity contribution in [3.05, 3.63) is 39.7 Å². The van der Waals surface area contributed by atoms with Gasteiger partial charge in [0.15, 0.2) is 0 Å². The molecule has 0 aliphatic heterocycles. The lowest BCUT2D eigenvalue weighted by Crippen LogP contribution is -2.29. The third-order valence-corrected chi connectivity index (χ3v) is 6.12. The van der Waals surface area contributed by atoms with E-state index in [0.29, 0.717) is 9.90 Å². The van der Waals surface area contributed by atoms with Crippen molar-refractivity contribution in [3.8, 4) is 0 Å². The van der Waals surface area contributed by atoms with Gasteiger partial charge in [-0.2, -0.15) is 0 Å². The Bertz CT molecular complexity index is 666. The van der Waals surface area contributed by atoms with E-state index >= 15 is 0 Å². The standard InChI is InChI=1S/C13H12Cl2N2O2S2/c1-7(21(19)11-3-2-4-20-11)13(18)17-12-9(14)5-8(16)6-10(12)15/h2-7H,16H2,1H3,(H,17,18). The van der Waals surface area contributed by atoms with Gasteiger partial charge in [-0.05, 0) is 30.5 Å². The third kappa shape index (κ3) is 3.77. The van der Waals surface area contributed by atoms with Crippen LogP contribution in [0.3, 0.4) is 0 Å². The van der Waals surface area contributed by atoms with E-state index in [9.17, 15) is 9.00 Å². The molecule has 1 heterocycles. The van der Waals surface area contributed by atoms with Gasteiger partial charge in [-0.15, -0.1) is 11.3 Å². The van der Waals surface area contributed by atoms with Gasteiger partial charge in [0.05, 0.1) is 30.7 Å². The molecule has 1 amide bonds. The van der Waals surface area contributed by atoms with Crippen LogP contribution in [0.4, 0.5) is 11.4 Å². The summed E-state index contributed by atoms with van der Waals surface area (Å²) in [6, 6.07) is 6.50. The molecule has 0 radical (unpaired) electrons. The van der Waals surface area contributed by atoms with Crippen molar-refractivity contribution in [3.63, 3.8) is 0 Å². The molecule has 2 atom stereocenters. The number of nitrogens with two attached hydrogens (primary N) is 1. The Kier molecular flexibility index (Phi) is 5.27.